The SMILES string of the molecule is CNCc1cc(S(=O)(=O)NCc2cnc[nH]2)ccc1Cl. The second kappa shape index (κ2) is 6.36. The zero-order valence-electron chi connectivity index (χ0n) is 10.9. The van der Waals surface area contributed by atoms with E-state index in [-0.39, 0.29) is 11.4 Å². The molecule has 20 heavy (non-hydrogen) atoms. The fourth-order valence-corrected chi connectivity index (χ4v) is 2.92. The van der Waals surface area contributed by atoms with Crippen molar-refractivity contribution in [3.05, 3.63) is 47.0 Å². The number of benzene rings is 1. The Bertz CT molecular complexity index is 671. The van der Waals surface area contributed by atoms with Crippen LogP contribution < -0.4 is 10.0 Å². The number of imidazole rings is 1. The van der Waals surface area contributed by atoms with Crippen LogP contribution in [0.5, 0.6) is 0 Å². The first-order valence-corrected chi connectivity index (χ1v) is 7.79. The number of sulfonamides is 1. The van der Waals surface area contributed by atoms with Gasteiger partial charge in [0.25, 0.3) is 0 Å². The minimum atomic E-state index is -3.58. The van der Waals surface area contributed by atoms with Crippen molar-refractivity contribution in [3.8, 4) is 0 Å². The fraction of sp³-hybridized carbons (Fsp3) is 0.250. The van der Waals surface area contributed by atoms with Gasteiger partial charge in [0.1, 0.15) is 0 Å². The van der Waals surface area contributed by atoms with Gasteiger partial charge in [-0.25, -0.2) is 18.1 Å². The summed E-state index contributed by atoms with van der Waals surface area (Å²) < 4.78 is 26.9. The van der Waals surface area contributed by atoms with E-state index in [1.165, 1.54) is 12.4 Å². The van der Waals surface area contributed by atoms with Crippen LogP contribution >= 0.6 is 11.6 Å². The summed E-state index contributed by atoms with van der Waals surface area (Å²) in [5.74, 6) is 0. The smallest absolute Gasteiger partial charge is 0.240 e. The van der Waals surface area contributed by atoms with E-state index in [1.54, 1.807) is 25.4 Å². The van der Waals surface area contributed by atoms with Crippen molar-refractivity contribution in [2.45, 2.75) is 18.0 Å². The molecule has 0 aliphatic rings. The van der Waals surface area contributed by atoms with Crippen LogP contribution in [-0.2, 0) is 23.1 Å². The third-order valence-electron chi connectivity index (χ3n) is 2.70. The van der Waals surface area contributed by atoms with Crippen LogP contribution in [-0.4, -0.2) is 25.4 Å². The summed E-state index contributed by atoms with van der Waals surface area (Å²) in [6.07, 6.45) is 3.06. The number of aromatic nitrogens is 2. The molecule has 0 spiro atoms. The molecule has 2 rings (SSSR count). The van der Waals surface area contributed by atoms with E-state index in [1.807, 2.05) is 0 Å². The number of hydrogen-bond donors (Lipinski definition) is 3. The highest BCUT2D eigenvalue weighted by Crippen LogP contribution is 2.20. The first-order valence-electron chi connectivity index (χ1n) is 5.93. The molecule has 0 fully saturated rings. The number of rotatable bonds is 6. The molecular weight excluding hydrogens is 300 g/mol. The zero-order valence-corrected chi connectivity index (χ0v) is 12.4. The number of aromatic amines is 1. The quantitative estimate of drug-likeness (QED) is 0.749. The lowest BCUT2D eigenvalue weighted by atomic mass is 10.2. The molecule has 0 atom stereocenters. The minimum Gasteiger partial charge on any atom is -0.347 e. The van der Waals surface area contributed by atoms with Crippen molar-refractivity contribution in [2.24, 2.45) is 0 Å². The largest absolute Gasteiger partial charge is 0.347 e. The second-order valence-electron chi connectivity index (χ2n) is 4.18. The molecule has 3 N–H and O–H groups in total. The number of H-pyrrole nitrogens is 1. The zero-order chi connectivity index (χ0) is 14.6. The first kappa shape index (κ1) is 15.0. The van der Waals surface area contributed by atoms with Gasteiger partial charge in [-0.1, -0.05) is 11.6 Å². The number of halogens is 1. The Balaban J connectivity index is 2.18. The van der Waals surface area contributed by atoms with Crippen molar-refractivity contribution in [2.75, 3.05) is 7.05 Å². The Morgan fingerprint density at radius 3 is 2.80 bits per heavy atom. The van der Waals surface area contributed by atoms with Crippen molar-refractivity contribution < 1.29 is 8.42 Å². The van der Waals surface area contributed by atoms with Gasteiger partial charge in [-0.15, -0.1) is 0 Å². The monoisotopic (exact) mass is 314 g/mol. The van der Waals surface area contributed by atoms with Crippen LogP contribution in [0.15, 0.2) is 35.6 Å². The molecule has 2 aromatic rings. The maximum Gasteiger partial charge on any atom is 0.240 e. The van der Waals surface area contributed by atoms with Crippen LogP contribution in [0.2, 0.25) is 5.02 Å². The molecule has 0 bridgehead atoms. The van der Waals surface area contributed by atoms with Gasteiger partial charge in [-0.3, -0.25) is 0 Å². The lowest BCUT2D eigenvalue weighted by Crippen LogP contribution is -2.23. The van der Waals surface area contributed by atoms with Crippen molar-refractivity contribution in [1.82, 2.24) is 20.0 Å². The van der Waals surface area contributed by atoms with Crippen LogP contribution in [0.25, 0.3) is 0 Å². The van der Waals surface area contributed by atoms with Crippen LogP contribution in [0.1, 0.15) is 11.3 Å². The molecule has 6 nitrogen and oxygen atoms in total. The van der Waals surface area contributed by atoms with Crippen LogP contribution in [0, 0.1) is 0 Å². The van der Waals surface area contributed by atoms with Crippen LogP contribution in [0.4, 0.5) is 0 Å². The molecule has 0 aliphatic heterocycles. The molecule has 0 saturated heterocycles. The summed E-state index contributed by atoms with van der Waals surface area (Å²) >= 11 is 6.01. The van der Waals surface area contributed by atoms with E-state index in [0.29, 0.717) is 17.3 Å². The average molecular weight is 315 g/mol. The molecule has 0 amide bonds. The van der Waals surface area contributed by atoms with E-state index < -0.39 is 10.0 Å². The van der Waals surface area contributed by atoms with Gasteiger partial charge < -0.3 is 10.3 Å². The minimum absolute atomic E-state index is 0.159. The number of hydrogen-bond acceptors (Lipinski definition) is 4. The van der Waals surface area contributed by atoms with Gasteiger partial charge in [-0.05, 0) is 30.8 Å². The number of nitrogens with zero attached hydrogens (tertiary/aromatic N) is 1. The molecule has 0 saturated carbocycles. The van der Waals surface area contributed by atoms with E-state index in [2.05, 4.69) is 20.0 Å². The van der Waals surface area contributed by atoms with Gasteiger partial charge in [-0.2, -0.15) is 0 Å². The molecule has 0 aliphatic carbocycles. The summed E-state index contributed by atoms with van der Waals surface area (Å²) in [7, 11) is -1.81. The standard InChI is InChI=1S/C12H15ClN4O2S/c1-14-5-9-4-11(2-3-12(9)13)20(18,19)17-7-10-6-15-8-16-10/h2-4,6,8,14,17H,5,7H2,1H3,(H,15,16). The summed E-state index contributed by atoms with van der Waals surface area (Å²) in [6.45, 7) is 0.662. The highest BCUT2D eigenvalue weighted by Gasteiger charge is 2.15. The summed E-state index contributed by atoms with van der Waals surface area (Å²) in [4.78, 5) is 6.85. The Labute approximate surface area is 122 Å². The van der Waals surface area contributed by atoms with Crippen molar-refractivity contribution >= 4 is 21.6 Å². The van der Waals surface area contributed by atoms with Crippen LogP contribution in [0.3, 0.4) is 0 Å². The van der Waals surface area contributed by atoms with Gasteiger partial charge in [0.2, 0.25) is 10.0 Å². The third-order valence-corrected chi connectivity index (χ3v) is 4.47. The lowest BCUT2D eigenvalue weighted by Gasteiger charge is -2.09. The normalized spacial score (nSPS) is 11.7. The predicted octanol–water partition coefficient (Wildman–Crippen LogP) is 1.26. The fourth-order valence-electron chi connectivity index (χ4n) is 1.68. The van der Waals surface area contributed by atoms with E-state index in [0.717, 1.165) is 5.56 Å². The van der Waals surface area contributed by atoms with E-state index in [4.69, 9.17) is 11.6 Å². The Hall–Kier alpha value is -1.41. The number of nitrogens with one attached hydrogen (secondary N) is 3. The third kappa shape index (κ3) is 3.57. The van der Waals surface area contributed by atoms with Gasteiger partial charge in [0.05, 0.1) is 17.8 Å². The second-order valence-corrected chi connectivity index (χ2v) is 6.36. The van der Waals surface area contributed by atoms with Gasteiger partial charge in [0.15, 0.2) is 0 Å². The van der Waals surface area contributed by atoms with E-state index >= 15 is 0 Å². The molecule has 0 radical (unpaired) electrons. The molecule has 0 unspecified atom stereocenters. The topological polar surface area (TPSA) is 86.9 Å². The Kier molecular flexibility index (Phi) is 4.77. The molecule has 1 heterocycles. The first-order chi connectivity index (χ1) is 9.53. The molecule has 1 aromatic heterocycles. The maximum atomic E-state index is 12.2. The van der Waals surface area contributed by atoms with Crippen molar-refractivity contribution in [1.29, 1.82) is 0 Å². The Morgan fingerprint density at radius 2 is 2.15 bits per heavy atom. The summed E-state index contributed by atoms with van der Waals surface area (Å²) in [6, 6.07) is 4.63. The molecule has 8 heteroatoms. The lowest BCUT2D eigenvalue weighted by molar-refractivity contribution is 0.580. The molecular formula is C12H15ClN4O2S. The molecule has 108 valence electrons. The summed E-state index contributed by atoms with van der Waals surface area (Å²) in [5.41, 5.74) is 1.43. The highest BCUT2D eigenvalue weighted by atomic mass is 35.5. The van der Waals surface area contributed by atoms with E-state index in [9.17, 15) is 8.42 Å². The van der Waals surface area contributed by atoms with Gasteiger partial charge in [0, 0.05) is 23.5 Å². The maximum absolute atomic E-state index is 12.2. The highest BCUT2D eigenvalue weighted by molar-refractivity contribution is 7.89. The molecule has 1 aromatic carbocycles. The predicted molar refractivity (Wildman–Crippen MR) is 76.8 cm³/mol. The summed E-state index contributed by atoms with van der Waals surface area (Å²) in [5, 5.41) is 3.48. The average Bonchev–Trinajstić information content (AvgIpc) is 2.92. The Morgan fingerprint density at radius 1 is 1.35 bits per heavy atom. The van der Waals surface area contributed by atoms with Crippen molar-refractivity contribution in [3.63, 3.8) is 0 Å². The van der Waals surface area contributed by atoms with Gasteiger partial charge >= 0.3 is 0 Å².